The van der Waals surface area contributed by atoms with Crippen LogP contribution in [0.15, 0.2) is 42.5 Å². The molecular weight excluding hydrogens is 378 g/mol. The standard InChI is InChI=1S/C18H18F2N2O6/c1-21(10-12-3-8-15(28-18(19)20)16(9-12)26-2)17(23)11-27-14-6-4-13(5-7-14)22(24)25/h3-9,18H,10-11H2,1-2H3. The number of non-ortho nitro benzene ring substituents is 1. The molecule has 150 valence electrons. The van der Waals surface area contributed by atoms with Crippen molar-refractivity contribution in [1.29, 1.82) is 0 Å². The molecule has 0 saturated carbocycles. The minimum Gasteiger partial charge on any atom is -0.493 e. The number of methoxy groups -OCH3 is 1. The Balaban J connectivity index is 1.93. The molecule has 0 aliphatic heterocycles. The number of nitrogens with zero attached hydrogens (tertiary/aromatic N) is 2. The lowest BCUT2D eigenvalue weighted by Gasteiger charge is -2.18. The Hall–Kier alpha value is -3.43. The van der Waals surface area contributed by atoms with Gasteiger partial charge in [-0.15, -0.1) is 0 Å². The van der Waals surface area contributed by atoms with Crippen LogP contribution in [-0.4, -0.2) is 43.1 Å². The van der Waals surface area contributed by atoms with Gasteiger partial charge in [0.1, 0.15) is 5.75 Å². The summed E-state index contributed by atoms with van der Waals surface area (Å²) in [5.41, 5.74) is 0.564. The topological polar surface area (TPSA) is 91.1 Å². The summed E-state index contributed by atoms with van der Waals surface area (Å²) in [5, 5.41) is 10.6. The Kier molecular flexibility index (Phi) is 7.08. The van der Waals surface area contributed by atoms with Gasteiger partial charge >= 0.3 is 6.61 Å². The van der Waals surface area contributed by atoms with Gasteiger partial charge in [0.05, 0.1) is 12.0 Å². The largest absolute Gasteiger partial charge is 0.493 e. The van der Waals surface area contributed by atoms with Gasteiger partial charge in [0, 0.05) is 25.7 Å². The van der Waals surface area contributed by atoms with Crippen LogP contribution in [-0.2, 0) is 11.3 Å². The summed E-state index contributed by atoms with van der Waals surface area (Å²) in [4.78, 5) is 23.7. The summed E-state index contributed by atoms with van der Waals surface area (Å²) in [7, 11) is 2.88. The highest BCUT2D eigenvalue weighted by Gasteiger charge is 2.14. The zero-order chi connectivity index (χ0) is 20.7. The fraction of sp³-hybridized carbons (Fsp3) is 0.278. The van der Waals surface area contributed by atoms with Crippen molar-refractivity contribution in [2.45, 2.75) is 13.2 Å². The quantitative estimate of drug-likeness (QED) is 0.477. The average molecular weight is 396 g/mol. The highest BCUT2D eigenvalue weighted by atomic mass is 19.3. The summed E-state index contributed by atoms with van der Waals surface area (Å²) in [5.74, 6) is 0.00487. The van der Waals surface area contributed by atoms with E-state index in [9.17, 15) is 23.7 Å². The molecule has 28 heavy (non-hydrogen) atoms. The van der Waals surface area contributed by atoms with Gasteiger partial charge < -0.3 is 19.1 Å². The second-order valence-corrected chi connectivity index (χ2v) is 5.65. The van der Waals surface area contributed by atoms with E-state index < -0.39 is 11.5 Å². The molecule has 2 rings (SSSR count). The zero-order valence-corrected chi connectivity index (χ0v) is 15.1. The molecule has 0 atom stereocenters. The van der Waals surface area contributed by atoms with Crippen molar-refractivity contribution in [3.63, 3.8) is 0 Å². The summed E-state index contributed by atoms with van der Waals surface area (Å²) in [6.45, 7) is -3.05. The predicted octanol–water partition coefficient (Wildman–Crippen LogP) is 3.24. The molecule has 0 bridgehead atoms. The van der Waals surface area contributed by atoms with Crippen molar-refractivity contribution >= 4 is 11.6 Å². The number of hydrogen-bond acceptors (Lipinski definition) is 6. The van der Waals surface area contributed by atoms with E-state index in [1.54, 1.807) is 13.1 Å². The molecule has 0 N–H and O–H groups in total. The first-order valence-corrected chi connectivity index (χ1v) is 8.03. The first-order chi connectivity index (χ1) is 13.3. The van der Waals surface area contributed by atoms with Gasteiger partial charge in [0.15, 0.2) is 18.1 Å². The Morgan fingerprint density at radius 3 is 2.43 bits per heavy atom. The molecule has 0 saturated heterocycles. The number of carbonyl (C=O) groups excluding carboxylic acids is 1. The number of alkyl halides is 2. The molecule has 0 aromatic heterocycles. The third-order valence-electron chi connectivity index (χ3n) is 3.70. The highest BCUT2D eigenvalue weighted by molar-refractivity contribution is 5.77. The second kappa shape index (κ2) is 9.49. The molecule has 0 heterocycles. The average Bonchev–Trinajstić information content (AvgIpc) is 2.67. The fourth-order valence-electron chi connectivity index (χ4n) is 2.29. The van der Waals surface area contributed by atoms with E-state index in [2.05, 4.69) is 4.74 Å². The van der Waals surface area contributed by atoms with Gasteiger partial charge in [-0.25, -0.2) is 0 Å². The Labute approximate surface area is 159 Å². The van der Waals surface area contributed by atoms with Crippen molar-refractivity contribution in [3.8, 4) is 17.2 Å². The molecule has 0 fully saturated rings. The van der Waals surface area contributed by atoms with Crippen LogP contribution in [0.25, 0.3) is 0 Å². The number of hydrogen-bond donors (Lipinski definition) is 0. The van der Waals surface area contributed by atoms with Crippen LogP contribution in [0.3, 0.4) is 0 Å². The molecule has 0 spiro atoms. The molecule has 2 aromatic carbocycles. The normalized spacial score (nSPS) is 10.5. The first kappa shape index (κ1) is 20.9. The molecule has 10 heteroatoms. The van der Waals surface area contributed by atoms with Crippen molar-refractivity contribution < 1.29 is 32.7 Å². The Morgan fingerprint density at radius 1 is 1.18 bits per heavy atom. The maximum Gasteiger partial charge on any atom is 0.387 e. The molecule has 0 aliphatic rings. The number of amides is 1. The molecular formula is C18H18F2N2O6. The number of likely N-dealkylation sites (N-methyl/N-ethyl adjacent to an activating group) is 1. The van der Waals surface area contributed by atoms with Crippen LogP contribution in [0.5, 0.6) is 17.2 Å². The molecule has 0 radical (unpaired) electrons. The maximum atomic E-state index is 12.4. The van der Waals surface area contributed by atoms with Crippen molar-refractivity contribution in [2.24, 2.45) is 0 Å². The van der Waals surface area contributed by atoms with Crippen LogP contribution < -0.4 is 14.2 Å². The predicted molar refractivity (Wildman–Crippen MR) is 94.7 cm³/mol. The van der Waals surface area contributed by atoms with E-state index >= 15 is 0 Å². The lowest BCUT2D eigenvalue weighted by molar-refractivity contribution is -0.384. The number of carbonyl (C=O) groups is 1. The van der Waals surface area contributed by atoms with E-state index in [-0.39, 0.29) is 36.2 Å². The van der Waals surface area contributed by atoms with E-state index in [1.807, 2.05) is 0 Å². The minimum atomic E-state index is -2.97. The number of nitro groups is 1. The third-order valence-corrected chi connectivity index (χ3v) is 3.70. The Morgan fingerprint density at radius 2 is 1.86 bits per heavy atom. The number of nitro benzene ring substituents is 1. The summed E-state index contributed by atoms with van der Waals surface area (Å²) < 4.78 is 39.4. The Bertz CT molecular complexity index is 829. The van der Waals surface area contributed by atoms with Crippen LogP contribution in [0.2, 0.25) is 0 Å². The smallest absolute Gasteiger partial charge is 0.387 e. The summed E-state index contributed by atoms with van der Waals surface area (Å²) in [6, 6.07) is 9.74. The van der Waals surface area contributed by atoms with Gasteiger partial charge in [0.25, 0.3) is 11.6 Å². The molecule has 2 aromatic rings. The van der Waals surface area contributed by atoms with Crippen molar-refractivity contribution in [1.82, 2.24) is 4.90 Å². The van der Waals surface area contributed by atoms with Crippen LogP contribution in [0.4, 0.5) is 14.5 Å². The van der Waals surface area contributed by atoms with Gasteiger partial charge in [-0.1, -0.05) is 6.07 Å². The molecule has 0 unspecified atom stereocenters. The van der Waals surface area contributed by atoms with Gasteiger partial charge in [-0.2, -0.15) is 8.78 Å². The number of halogens is 2. The van der Waals surface area contributed by atoms with E-state index in [4.69, 9.17) is 9.47 Å². The van der Waals surface area contributed by atoms with E-state index in [1.165, 1.54) is 48.4 Å². The SMILES string of the molecule is COc1cc(CN(C)C(=O)COc2ccc([N+](=O)[O-])cc2)ccc1OC(F)F. The van der Waals surface area contributed by atoms with Gasteiger partial charge in [-0.05, 0) is 29.8 Å². The van der Waals surface area contributed by atoms with Gasteiger partial charge in [0.2, 0.25) is 0 Å². The summed E-state index contributed by atoms with van der Waals surface area (Å²) >= 11 is 0. The third kappa shape index (κ3) is 5.79. The van der Waals surface area contributed by atoms with Crippen molar-refractivity contribution in [2.75, 3.05) is 20.8 Å². The minimum absolute atomic E-state index is 0.0796. The first-order valence-electron chi connectivity index (χ1n) is 8.03. The number of rotatable bonds is 9. The van der Waals surface area contributed by atoms with Crippen LogP contribution in [0, 0.1) is 10.1 Å². The van der Waals surface area contributed by atoms with Gasteiger partial charge in [-0.3, -0.25) is 14.9 Å². The fourth-order valence-corrected chi connectivity index (χ4v) is 2.29. The van der Waals surface area contributed by atoms with E-state index in [0.717, 1.165) is 0 Å². The molecule has 0 aliphatic carbocycles. The zero-order valence-electron chi connectivity index (χ0n) is 15.1. The highest BCUT2D eigenvalue weighted by Crippen LogP contribution is 2.29. The lowest BCUT2D eigenvalue weighted by Crippen LogP contribution is -2.30. The van der Waals surface area contributed by atoms with Crippen LogP contribution in [0.1, 0.15) is 5.56 Å². The maximum absolute atomic E-state index is 12.4. The summed E-state index contributed by atoms with van der Waals surface area (Å²) in [6.07, 6.45) is 0. The monoisotopic (exact) mass is 396 g/mol. The number of ether oxygens (including phenoxy) is 3. The lowest BCUT2D eigenvalue weighted by atomic mass is 10.2. The number of benzene rings is 2. The second-order valence-electron chi connectivity index (χ2n) is 5.65. The van der Waals surface area contributed by atoms with Crippen molar-refractivity contribution in [3.05, 3.63) is 58.1 Å². The molecule has 8 nitrogen and oxygen atoms in total. The molecule has 1 amide bonds. The van der Waals surface area contributed by atoms with E-state index in [0.29, 0.717) is 11.3 Å². The van der Waals surface area contributed by atoms with Crippen LogP contribution >= 0.6 is 0 Å².